The van der Waals surface area contributed by atoms with Gasteiger partial charge in [-0.2, -0.15) is 0 Å². The molecule has 0 saturated heterocycles. The van der Waals surface area contributed by atoms with Gasteiger partial charge in [-0.1, -0.05) is 6.07 Å². The van der Waals surface area contributed by atoms with Crippen molar-refractivity contribution in [1.82, 2.24) is 0 Å². The Bertz CT molecular complexity index is 377. The maximum absolute atomic E-state index is 11.5. The summed E-state index contributed by atoms with van der Waals surface area (Å²) in [5.41, 5.74) is 0.733. The average molecular weight is 223 g/mol. The molecule has 0 heterocycles. The van der Waals surface area contributed by atoms with Crippen LogP contribution in [0.25, 0.3) is 0 Å². The van der Waals surface area contributed by atoms with Crippen LogP contribution in [0.4, 0.5) is 5.69 Å². The Morgan fingerprint density at radius 2 is 2.00 bits per heavy atom. The number of ether oxygens (including phenoxy) is 2. The molecule has 88 valence electrons. The van der Waals surface area contributed by atoms with Gasteiger partial charge < -0.3 is 14.4 Å². The molecule has 1 rings (SSSR count). The van der Waals surface area contributed by atoms with Gasteiger partial charge in [-0.15, -0.1) is 0 Å². The highest BCUT2D eigenvalue weighted by atomic mass is 16.5. The van der Waals surface area contributed by atoms with Gasteiger partial charge in [0.2, 0.25) is 5.91 Å². The monoisotopic (exact) mass is 223 g/mol. The van der Waals surface area contributed by atoms with Crippen molar-refractivity contribution in [3.8, 4) is 11.5 Å². The van der Waals surface area contributed by atoms with Crippen molar-refractivity contribution < 1.29 is 14.3 Å². The Morgan fingerprint density at radius 3 is 2.44 bits per heavy atom. The lowest BCUT2D eigenvalue weighted by molar-refractivity contribution is -0.116. The molecule has 0 bridgehead atoms. The molecule has 0 N–H and O–H groups in total. The summed E-state index contributed by atoms with van der Waals surface area (Å²) in [5.74, 6) is 1.19. The molecule has 0 fully saturated rings. The predicted octanol–water partition coefficient (Wildman–Crippen LogP) is 2.08. The molecular weight excluding hydrogens is 206 g/mol. The number of carbonyl (C=O) groups is 1. The van der Waals surface area contributed by atoms with Crippen LogP contribution >= 0.6 is 0 Å². The zero-order chi connectivity index (χ0) is 12.1. The van der Waals surface area contributed by atoms with Gasteiger partial charge in [-0.3, -0.25) is 4.79 Å². The van der Waals surface area contributed by atoms with Crippen LogP contribution in [0.3, 0.4) is 0 Å². The summed E-state index contributed by atoms with van der Waals surface area (Å²) in [6.07, 6.45) is 0. The first-order valence-electron chi connectivity index (χ1n) is 5.14. The summed E-state index contributed by atoms with van der Waals surface area (Å²) in [6.45, 7) is 4.04. The third-order valence-electron chi connectivity index (χ3n) is 2.37. The number of amides is 1. The predicted molar refractivity (Wildman–Crippen MR) is 63.2 cm³/mol. The Balaban J connectivity index is 3.25. The molecule has 0 spiro atoms. The minimum Gasteiger partial charge on any atom is -0.493 e. The van der Waals surface area contributed by atoms with Gasteiger partial charge in [0.15, 0.2) is 11.5 Å². The Morgan fingerprint density at radius 1 is 1.31 bits per heavy atom. The number of methoxy groups -OCH3 is 2. The Hall–Kier alpha value is -1.71. The summed E-state index contributed by atoms with van der Waals surface area (Å²) in [6, 6.07) is 5.48. The van der Waals surface area contributed by atoms with Gasteiger partial charge in [0, 0.05) is 13.5 Å². The molecule has 1 aromatic rings. The fourth-order valence-corrected chi connectivity index (χ4v) is 1.65. The molecule has 4 nitrogen and oxygen atoms in total. The van der Waals surface area contributed by atoms with Crippen LogP contribution < -0.4 is 14.4 Å². The second-order valence-electron chi connectivity index (χ2n) is 3.28. The van der Waals surface area contributed by atoms with Crippen LogP contribution in [0.2, 0.25) is 0 Å². The first kappa shape index (κ1) is 12.4. The fourth-order valence-electron chi connectivity index (χ4n) is 1.65. The standard InChI is InChI=1S/C12H17NO3/c1-5-13(9(2)14)10-7-6-8-11(15-3)12(10)16-4/h6-8H,5H2,1-4H3. The Kier molecular flexibility index (Phi) is 4.17. The zero-order valence-electron chi connectivity index (χ0n) is 10.1. The molecule has 1 aromatic carbocycles. The summed E-state index contributed by atoms with van der Waals surface area (Å²) in [7, 11) is 3.14. The molecule has 4 heteroatoms. The number of hydrogen-bond donors (Lipinski definition) is 0. The van der Waals surface area contributed by atoms with E-state index in [1.54, 1.807) is 25.2 Å². The Labute approximate surface area is 95.8 Å². The molecule has 0 aliphatic carbocycles. The van der Waals surface area contributed by atoms with Crippen LogP contribution in [0.15, 0.2) is 18.2 Å². The molecule has 16 heavy (non-hydrogen) atoms. The highest BCUT2D eigenvalue weighted by Crippen LogP contribution is 2.37. The highest BCUT2D eigenvalue weighted by Gasteiger charge is 2.17. The normalized spacial score (nSPS) is 9.75. The minimum atomic E-state index is -0.0194. The molecule has 0 aliphatic heterocycles. The summed E-state index contributed by atoms with van der Waals surface area (Å²) >= 11 is 0. The number of rotatable bonds is 4. The summed E-state index contributed by atoms with van der Waals surface area (Å²) < 4.78 is 10.5. The molecule has 0 aliphatic rings. The second kappa shape index (κ2) is 5.39. The van der Waals surface area contributed by atoms with E-state index in [-0.39, 0.29) is 5.91 Å². The number of para-hydroxylation sites is 1. The van der Waals surface area contributed by atoms with Crippen LogP contribution in [0.5, 0.6) is 11.5 Å². The first-order valence-corrected chi connectivity index (χ1v) is 5.14. The van der Waals surface area contributed by atoms with Gasteiger partial charge in [0.1, 0.15) is 0 Å². The SMILES string of the molecule is CCN(C(C)=O)c1cccc(OC)c1OC. The van der Waals surface area contributed by atoms with Gasteiger partial charge in [0.25, 0.3) is 0 Å². The van der Waals surface area contributed by atoms with Crippen molar-refractivity contribution in [3.63, 3.8) is 0 Å². The van der Waals surface area contributed by atoms with E-state index < -0.39 is 0 Å². The lowest BCUT2D eigenvalue weighted by atomic mass is 10.2. The van der Waals surface area contributed by atoms with Crippen molar-refractivity contribution in [2.24, 2.45) is 0 Å². The van der Waals surface area contributed by atoms with Crippen molar-refractivity contribution in [1.29, 1.82) is 0 Å². The van der Waals surface area contributed by atoms with E-state index in [0.29, 0.717) is 18.0 Å². The van der Waals surface area contributed by atoms with E-state index in [0.717, 1.165) is 5.69 Å². The van der Waals surface area contributed by atoms with Gasteiger partial charge >= 0.3 is 0 Å². The quantitative estimate of drug-likeness (QED) is 0.784. The van der Waals surface area contributed by atoms with E-state index in [9.17, 15) is 4.79 Å². The molecule has 0 aromatic heterocycles. The third-order valence-corrected chi connectivity index (χ3v) is 2.37. The third kappa shape index (κ3) is 2.27. The fraction of sp³-hybridized carbons (Fsp3) is 0.417. The van der Waals surface area contributed by atoms with Crippen LogP contribution in [-0.2, 0) is 4.79 Å². The lowest BCUT2D eigenvalue weighted by Gasteiger charge is -2.22. The van der Waals surface area contributed by atoms with Crippen LogP contribution in [0, 0.1) is 0 Å². The van der Waals surface area contributed by atoms with Gasteiger partial charge in [-0.05, 0) is 19.1 Å². The van der Waals surface area contributed by atoms with E-state index in [1.807, 2.05) is 19.1 Å². The van der Waals surface area contributed by atoms with Crippen LogP contribution in [0.1, 0.15) is 13.8 Å². The van der Waals surface area contributed by atoms with Crippen molar-refractivity contribution in [2.75, 3.05) is 25.7 Å². The number of anilines is 1. The smallest absolute Gasteiger partial charge is 0.223 e. The maximum atomic E-state index is 11.5. The zero-order valence-corrected chi connectivity index (χ0v) is 10.1. The topological polar surface area (TPSA) is 38.8 Å². The maximum Gasteiger partial charge on any atom is 0.223 e. The summed E-state index contributed by atoms with van der Waals surface area (Å²) in [5, 5.41) is 0. The first-order chi connectivity index (χ1) is 7.65. The van der Waals surface area contributed by atoms with E-state index in [2.05, 4.69) is 0 Å². The van der Waals surface area contributed by atoms with Gasteiger partial charge in [0.05, 0.1) is 19.9 Å². The van der Waals surface area contributed by atoms with E-state index >= 15 is 0 Å². The van der Waals surface area contributed by atoms with Crippen LogP contribution in [-0.4, -0.2) is 26.7 Å². The summed E-state index contributed by atoms with van der Waals surface area (Å²) in [4.78, 5) is 13.1. The molecule has 0 saturated carbocycles. The van der Waals surface area contributed by atoms with Crippen molar-refractivity contribution in [3.05, 3.63) is 18.2 Å². The molecular formula is C12H17NO3. The van der Waals surface area contributed by atoms with Gasteiger partial charge in [-0.25, -0.2) is 0 Å². The van der Waals surface area contributed by atoms with E-state index in [1.165, 1.54) is 6.92 Å². The molecule has 0 atom stereocenters. The number of hydrogen-bond acceptors (Lipinski definition) is 3. The largest absolute Gasteiger partial charge is 0.493 e. The van der Waals surface area contributed by atoms with Crippen molar-refractivity contribution >= 4 is 11.6 Å². The minimum absolute atomic E-state index is 0.0194. The average Bonchev–Trinajstić information content (AvgIpc) is 2.29. The van der Waals surface area contributed by atoms with Crippen molar-refractivity contribution in [2.45, 2.75) is 13.8 Å². The molecule has 0 unspecified atom stereocenters. The number of benzene rings is 1. The van der Waals surface area contributed by atoms with E-state index in [4.69, 9.17) is 9.47 Å². The molecule has 0 radical (unpaired) electrons. The molecule has 1 amide bonds. The number of nitrogens with zero attached hydrogens (tertiary/aromatic N) is 1. The highest BCUT2D eigenvalue weighted by molar-refractivity contribution is 5.93. The lowest BCUT2D eigenvalue weighted by Crippen LogP contribution is -2.28. The number of carbonyl (C=O) groups excluding carboxylic acids is 1. The second-order valence-corrected chi connectivity index (χ2v) is 3.28.